The Morgan fingerprint density at radius 3 is 2.38 bits per heavy atom. The number of fused-ring (bicyclic) bond motifs is 1. The molecule has 0 bridgehead atoms. The van der Waals surface area contributed by atoms with Gasteiger partial charge < -0.3 is 11.1 Å². The normalized spacial score (nSPS) is 12.1. The second-order valence-corrected chi connectivity index (χ2v) is 5.48. The van der Waals surface area contributed by atoms with E-state index in [2.05, 4.69) is 15.3 Å². The lowest BCUT2D eigenvalue weighted by atomic mass is 10.1. The van der Waals surface area contributed by atoms with Crippen LogP contribution in [0.15, 0.2) is 42.6 Å². The van der Waals surface area contributed by atoms with Crippen LogP contribution in [0.2, 0.25) is 5.02 Å². The monoisotopic (exact) mass is 348 g/mol. The van der Waals surface area contributed by atoms with Gasteiger partial charge in [-0.15, -0.1) is 0 Å². The van der Waals surface area contributed by atoms with E-state index in [4.69, 9.17) is 17.3 Å². The molecule has 0 fully saturated rings. The summed E-state index contributed by atoms with van der Waals surface area (Å²) in [6.45, 7) is 0. The fourth-order valence-electron chi connectivity index (χ4n) is 2.20. The molecule has 122 valence electrons. The van der Waals surface area contributed by atoms with Crippen LogP contribution in [0.5, 0.6) is 0 Å². The van der Waals surface area contributed by atoms with Gasteiger partial charge in [0.05, 0.1) is 17.2 Å². The van der Waals surface area contributed by atoms with Crippen molar-refractivity contribution in [3.63, 3.8) is 0 Å². The smallest absolute Gasteiger partial charge is 0.244 e. The summed E-state index contributed by atoms with van der Waals surface area (Å²) in [4.78, 5) is 19.8. The Bertz CT molecular complexity index is 918. The molecule has 1 heterocycles. The predicted octanol–water partition coefficient (Wildman–Crippen LogP) is 3.20. The zero-order valence-corrected chi connectivity index (χ0v) is 12.9. The first-order chi connectivity index (χ1) is 11.4. The van der Waals surface area contributed by atoms with Crippen molar-refractivity contribution < 1.29 is 13.6 Å². The Kier molecular flexibility index (Phi) is 4.26. The van der Waals surface area contributed by atoms with E-state index in [-0.39, 0.29) is 16.9 Å². The third-order valence-electron chi connectivity index (χ3n) is 3.36. The number of hydrogen-bond donors (Lipinski definition) is 2. The Hall–Kier alpha value is -2.80. The maximum Gasteiger partial charge on any atom is 0.244 e. The fraction of sp³-hybridized carbons (Fsp3) is 0.0625. The maximum absolute atomic E-state index is 13.3. The van der Waals surface area contributed by atoms with Gasteiger partial charge in [-0.2, -0.15) is 0 Å². The van der Waals surface area contributed by atoms with E-state index in [1.165, 1.54) is 6.20 Å². The maximum atomic E-state index is 13.3. The van der Waals surface area contributed by atoms with Crippen LogP contribution >= 0.6 is 11.6 Å². The molecule has 0 saturated carbocycles. The number of nitrogens with zero attached hydrogens (tertiary/aromatic N) is 2. The standard InChI is InChI=1S/C16H11ClF2N4O/c17-9-3-1-8(2-4-9)15(16(20)24)23-14-7-21-12-5-10(18)11(19)6-13(12)22-14/h1-7,15H,(H2,20,24)(H,22,23)/t15-/m0/s1. The van der Waals surface area contributed by atoms with E-state index in [1.54, 1.807) is 24.3 Å². The van der Waals surface area contributed by atoms with E-state index >= 15 is 0 Å². The lowest BCUT2D eigenvalue weighted by Gasteiger charge is -2.16. The van der Waals surface area contributed by atoms with Gasteiger partial charge in [0.2, 0.25) is 5.91 Å². The molecule has 0 aliphatic carbocycles. The molecule has 3 rings (SSSR count). The third-order valence-corrected chi connectivity index (χ3v) is 3.62. The summed E-state index contributed by atoms with van der Waals surface area (Å²) in [6.07, 6.45) is 1.31. The van der Waals surface area contributed by atoms with Crippen LogP contribution in [0, 0.1) is 11.6 Å². The zero-order valence-electron chi connectivity index (χ0n) is 12.1. The number of rotatable bonds is 4. The second-order valence-electron chi connectivity index (χ2n) is 5.04. The molecular formula is C16H11ClF2N4O. The number of hydrogen-bond acceptors (Lipinski definition) is 4. The molecular weight excluding hydrogens is 338 g/mol. The molecule has 3 aromatic rings. The molecule has 3 N–H and O–H groups in total. The highest BCUT2D eigenvalue weighted by atomic mass is 35.5. The number of nitrogens with one attached hydrogen (secondary N) is 1. The minimum atomic E-state index is -1.03. The third kappa shape index (κ3) is 3.26. The van der Waals surface area contributed by atoms with Gasteiger partial charge in [-0.3, -0.25) is 9.78 Å². The second kappa shape index (κ2) is 6.37. The summed E-state index contributed by atoms with van der Waals surface area (Å²) < 4.78 is 26.5. The van der Waals surface area contributed by atoms with Crippen molar-refractivity contribution in [1.29, 1.82) is 0 Å². The highest BCUT2D eigenvalue weighted by Gasteiger charge is 2.18. The van der Waals surface area contributed by atoms with Crippen molar-refractivity contribution >= 4 is 34.4 Å². The van der Waals surface area contributed by atoms with Crippen LogP contribution in [-0.2, 0) is 4.79 Å². The first-order valence-electron chi connectivity index (χ1n) is 6.87. The van der Waals surface area contributed by atoms with E-state index in [0.717, 1.165) is 12.1 Å². The summed E-state index contributed by atoms with van der Waals surface area (Å²) in [5, 5.41) is 3.35. The van der Waals surface area contributed by atoms with E-state index < -0.39 is 23.6 Å². The van der Waals surface area contributed by atoms with Crippen molar-refractivity contribution in [3.8, 4) is 0 Å². The lowest BCUT2D eigenvalue weighted by molar-refractivity contribution is -0.118. The topological polar surface area (TPSA) is 80.9 Å². The number of aromatic nitrogens is 2. The predicted molar refractivity (Wildman–Crippen MR) is 86.5 cm³/mol. The summed E-state index contributed by atoms with van der Waals surface area (Å²) >= 11 is 5.82. The number of carbonyl (C=O) groups excluding carboxylic acids is 1. The molecule has 1 atom stereocenters. The van der Waals surface area contributed by atoms with Crippen LogP contribution in [0.3, 0.4) is 0 Å². The number of carbonyl (C=O) groups is 1. The van der Waals surface area contributed by atoms with Gasteiger partial charge in [0.1, 0.15) is 11.9 Å². The van der Waals surface area contributed by atoms with Crippen LogP contribution in [-0.4, -0.2) is 15.9 Å². The van der Waals surface area contributed by atoms with E-state index in [0.29, 0.717) is 10.6 Å². The molecule has 0 spiro atoms. The highest BCUT2D eigenvalue weighted by molar-refractivity contribution is 6.30. The number of primary amides is 1. The number of halogens is 3. The average molecular weight is 349 g/mol. The van der Waals surface area contributed by atoms with E-state index in [1.807, 2.05) is 0 Å². The number of amides is 1. The molecule has 24 heavy (non-hydrogen) atoms. The zero-order chi connectivity index (χ0) is 17.3. The fourth-order valence-corrected chi connectivity index (χ4v) is 2.33. The molecule has 5 nitrogen and oxygen atoms in total. The van der Waals surface area contributed by atoms with Gasteiger partial charge in [-0.05, 0) is 17.7 Å². The molecule has 0 unspecified atom stereocenters. The Morgan fingerprint density at radius 2 is 1.75 bits per heavy atom. The molecule has 2 aromatic carbocycles. The van der Waals surface area contributed by atoms with Crippen LogP contribution in [0.1, 0.15) is 11.6 Å². The van der Waals surface area contributed by atoms with Crippen molar-refractivity contribution in [1.82, 2.24) is 9.97 Å². The first kappa shape index (κ1) is 16.1. The SMILES string of the molecule is NC(=O)[C@@H](Nc1cnc2cc(F)c(F)cc2n1)c1ccc(Cl)cc1. The molecule has 0 aliphatic rings. The van der Waals surface area contributed by atoms with Crippen molar-refractivity contribution in [3.05, 3.63) is 64.8 Å². The number of anilines is 1. The van der Waals surface area contributed by atoms with Gasteiger partial charge in [-0.1, -0.05) is 23.7 Å². The summed E-state index contributed by atoms with van der Waals surface area (Å²) in [5.41, 5.74) is 6.35. The minimum Gasteiger partial charge on any atom is -0.368 e. The molecule has 8 heteroatoms. The summed E-state index contributed by atoms with van der Waals surface area (Å²) in [5.74, 6) is -2.47. The van der Waals surface area contributed by atoms with Gasteiger partial charge in [-0.25, -0.2) is 13.8 Å². The Labute approximate surface area is 140 Å². The Morgan fingerprint density at radius 1 is 1.12 bits per heavy atom. The molecule has 1 aromatic heterocycles. The van der Waals surface area contributed by atoms with Crippen LogP contribution < -0.4 is 11.1 Å². The average Bonchev–Trinajstić information content (AvgIpc) is 2.54. The van der Waals surface area contributed by atoms with Crippen molar-refractivity contribution in [2.75, 3.05) is 5.32 Å². The minimum absolute atomic E-state index is 0.151. The molecule has 0 radical (unpaired) electrons. The number of nitrogens with two attached hydrogens (primary N) is 1. The largest absolute Gasteiger partial charge is 0.368 e. The quantitative estimate of drug-likeness (QED) is 0.758. The van der Waals surface area contributed by atoms with Gasteiger partial charge in [0, 0.05) is 17.2 Å². The van der Waals surface area contributed by atoms with E-state index in [9.17, 15) is 13.6 Å². The lowest BCUT2D eigenvalue weighted by Crippen LogP contribution is -2.28. The van der Waals surface area contributed by atoms with Gasteiger partial charge in [0.15, 0.2) is 11.6 Å². The van der Waals surface area contributed by atoms with Gasteiger partial charge in [0.25, 0.3) is 0 Å². The van der Waals surface area contributed by atoms with Crippen LogP contribution in [0.4, 0.5) is 14.6 Å². The summed E-state index contributed by atoms with van der Waals surface area (Å²) in [6, 6.07) is 7.55. The molecule has 0 aliphatic heterocycles. The van der Waals surface area contributed by atoms with Crippen molar-refractivity contribution in [2.24, 2.45) is 5.73 Å². The Balaban J connectivity index is 1.95. The first-order valence-corrected chi connectivity index (χ1v) is 7.25. The molecule has 0 saturated heterocycles. The molecule has 1 amide bonds. The highest BCUT2D eigenvalue weighted by Crippen LogP contribution is 2.22. The number of benzene rings is 2. The van der Waals surface area contributed by atoms with Crippen molar-refractivity contribution in [2.45, 2.75) is 6.04 Å². The van der Waals surface area contributed by atoms with Gasteiger partial charge >= 0.3 is 0 Å². The summed E-state index contributed by atoms with van der Waals surface area (Å²) in [7, 11) is 0. The van der Waals surface area contributed by atoms with Crippen LogP contribution in [0.25, 0.3) is 11.0 Å².